The van der Waals surface area contributed by atoms with E-state index in [1.807, 2.05) is 6.07 Å². The van der Waals surface area contributed by atoms with Gasteiger partial charge in [-0.25, -0.2) is 16.8 Å². The Labute approximate surface area is 124 Å². The molecule has 2 rings (SSSR count). The Morgan fingerprint density at radius 2 is 1.95 bits per heavy atom. The average molecular weight is 328 g/mol. The summed E-state index contributed by atoms with van der Waals surface area (Å²) < 4.78 is 46.8. The summed E-state index contributed by atoms with van der Waals surface area (Å²) in [6.45, 7) is 0.211. The largest absolute Gasteiger partial charge is 0.312 e. The minimum Gasteiger partial charge on any atom is -0.312 e. The van der Waals surface area contributed by atoms with Gasteiger partial charge in [-0.05, 0) is 30.7 Å². The van der Waals surface area contributed by atoms with E-state index in [0.717, 1.165) is 0 Å². The first-order chi connectivity index (χ1) is 9.82. The summed E-state index contributed by atoms with van der Waals surface area (Å²) in [5.74, 6) is 0.131. The van der Waals surface area contributed by atoms with Crippen molar-refractivity contribution < 1.29 is 16.8 Å². The predicted octanol–water partition coefficient (Wildman–Crippen LogP) is 0.109. The van der Waals surface area contributed by atoms with E-state index in [1.165, 1.54) is 24.3 Å². The monoisotopic (exact) mass is 328 g/mol. The molecule has 1 N–H and O–H groups in total. The quantitative estimate of drug-likeness (QED) is 0.822. The lowest BCUT2D eigenvalue weighted by atomic mass is 10.2. The van der Waals surface area contributed by atoms with Crippen molar-refractivity contribution >= 4 is 19.7 Å². The molecule has 1 heterocycles. The van der Waals surface area contributed by atoms with E-state index in [0.29, 0.717) is 12.0 Å². The molecule has 114 valence electrons. The smallest absolute Gasteiger partial charge is 0.179 e. The highest BCUT2D eigenvalue weighted by Crippen LogP contribution is 2.13. The van der Waals surface area contributed by atoms with Gasteiger partial charge >= 0.3 is 0 Å². The predicted molar refractivity (Wildman–Crippen MR) is 78.3 cm³/mol. The molecule has 1 aliphatic rings. The summed E-state index contributed by atoms with van der Waals surface area (Å²) in [7, 11) is -6.39. The fourth-order valence-corrected chi connectivity index (χ4v) is 5.09. The van der Waals surface area contributed by atoms with E-state index >= 15 is 0 Å². The first-order valence-corrected chi connectivity index (χ1v) is 9.96. The fraction of sp³-hybridized carbons (Fsp3) is 0.462. The number of nitrogens with zero attached hydrogens (tertiary/aromatic N) is 1. The summed E-state index contributed by atoms with van der Waals surface area (Å²) in [5.41, 5.74) is 0.406. The lowest BCUT2D eigenvalue weighted by Crippen LogP contribution is -2.34. The Morgan fingerprint density at radius 1 is 1.29 bits per heavy atom. The van der Waals surface area contributed by atoms with E-state index < -0.39 is 19.7 Å². The summed E-state index contributed by atoms with van der Waals surface area (Å²) >= 11 is 0. The van der Waals surface area contributed by atoms with Crippen LogP contribution in [0.5, 0.6) is 0 Å². The molecule has 1 saturated heterocycles. The summed E-state index contributed by atoms with van der Waals surface area (Å²) in [6.07, 6.45) is 0.527. The van der Waals surface area contributed by atoms with Crippen LogP contribution in [0.25, 0.3) is 0 Å². The molecule has 0 amide bonds. The summed E-state index contributed by atoms with van der Waals surface area (Å²) in [5, 5.41) is 11.7. The second kappa shape index (κ2) is 6.13. The van der Waals surface area contributed by atoms with E-state index in [-0.39, 0.29) is 34.7 Å². The van der Waals surface area contributed by atoms with Crippen LogP contribution < -0.4 is 5.32 Å². The molecule has 0 saturated carbocycles. The van der Waals surface area contributed by atoms with Crippen LogP contribution in [0.3, 0.4) is 0 Å². The van der Waals surface area contributed by atoms with Crippen LogP contribution in [-0.2, 0) is 19.7 Å². The molecular weight excluding hydrogens is 312 g/mol. The van der Waals surface area contributed by atoms with Crippen molar-refractivity contribution in [1.29, 1.82) is 5.26 Å². The number of sulfone groups is 2. The van der Waals surface area contributed by atoms with Crippen LogP contribution in [0.2, 0.25) is 0 Å². The minimum atomic E-state index is -3.43. The average Bonchev–Trinajstić information content (AvgIpc) is 2.78. The van der Waals surface area contributed by atoms with E-state index in [9.17, 15) is 16.8 Å². The molecule has 21 heavy (non-hydrogen) atoms. The van der Waals surface area contributed by atoms with Crippen molar-refractivity contribution in [2.24, 2.45) is 0 Å². The highest BCUT2D eigenvalue weighted by Gasteiger charge is 2.27. The molecule has 0 radical (unpaired) electrons. The molecule has 1 unspecified atom stereocenters. The maximum atomic E-state index is 12.1. The second-order valence-corrected chi connectivity index (χ2v) is 9.35. The van der Waals surface area contributed by atoms with Crippen molar-refractivity contribution in [2.75, 3.05) is 23.8 Å². The Bertz CT molecular complexity index is 746. The zero-order chi connectivity index (χ0) is 15.5. The van der Waals surface area contributed by atoms with Gasteiger partial charge in [0.15, 0.2) is 19.7 Å². The minimum absolute atomic E-state index is 0.0733. The standard InChI is InChI=1S/C13H16N2O4S2/c14-9-11-1-3-13(4-2-11)21(18,19)8-6-15-12-5-7-20(16,17)10-12/h1-4,12,15H,5-8,10H2. The molecule has 0 bridgehead atoms. The van der Waals surface area contributed by atoms with Gasteiger partial charge < -0.3 is 5.32 Å². The van der Waals surface area contributed by atoms with Crippen LogP contribution in [0, 0.1) is 11.3 Å². The number of nitriles is 1. The van der Waals surface area contributed by atoms with Crippen molar-refractivity contribution in [2.45, 2.75) is 17.4 Å². The van der Waals surface area contributed by atoms with E-state index in [1.54, 1.807) is 0 Å². The third-order valence-corrected chi connectivity index (χ3v) is 6.88. The summed E-state index contributed by atoms with van der Waals surface area (Å²) in [6, 6.07) is 7.51. The lowest BCUT2D eigenvalue weighted by Gasteiger charge is -2.10. The third-order valence-electron chi connectivity index (χ3n) is 3.38. The van der Waals surface area contributed by atoms with Gasteiger partial charge in [0.25, 0.3) is 0 Å². The molecule has 0 aromatic heterocycles. The van der Waals surface area contributed by atoms with Crippen LogP contribution in [0.4, 0.5) is 0 Å². The first kappa shape index (κ1) is 15.9. The number of hydrogen-bond donors (Lipinski definition) is 1. The van der Waals surface area contributed by atoms with Gasteiger partial charge in [-0.1, -0.05) is 0 Å². The van der Waals surface area contributed by atoms with Gasteiger partial charge in [-0.3, -0.25) is 0 Å². The maximum absolute atomic E-state index is 12.1. The molecule has 1 fully saturated rings. The number of benzene rings is 1. The highest BCUT2D eigenvalue weighted by atomic mass is 32.2. The van der Waals surface area contributed by atoms with Crippen molar-refractivity contribution in [3.8, 4) is 6.07 Å². The molecule has 1 atom stereocenters. The van der Waals surface area contributed by atoms with Crippen LogP contribution >= 0.6 is 0 Å². The molecule has 6 nitrogen and oxygen atoms in total. The number of rotatable bonds is 5. The molecule has 1 aromatic rings. The maximum Gasteiger partial charge on any atom is 0.179 e. The van der Waals surface area contributed by atoms with Crippen molar-refractivity contribution in [3.63, 3.8) is 0 Å². The molecule has 0 aliphatic carbocycles. The van der Waals surface area contributed by atoms with Gasteiger partial charge in [0.2, 0.25) is 0 Å². The molecule has 1 aromatic carbocycles. The van der Waals surface area contributed by atoms with Gasteiger partial charge in [-0.2, -0.15) is 5.26 Å². The number of hydrogen-bond acceptors (Lipinski definition) is 6. The Kier molecular flexibility index (Phi) is 4.66. The van der Waals surface area contributed by atoms with Crippen molar-refractivity contribution in [3.05, 3.63) is 29.8 Å². The fourth-order valence-electron chi connectivity index (χ4n) is 2.21. The number of nitrogens with one attached hydrogen (secondary N) is 1. The van der Waals surface area contributed by atoms with Gasteiger partial charge in [0, 0.05) is 12.6 Å². The van der Waals surface area contributed by atoms with Crippen molar-refractivity contribution in [1.82, 2.24) is 5.32 Å². The Hall–Kier alpha value is -1.43. The zero-order valence-electron chi connectivity index (χ0n) is 11.3. The Morgan fingerprint density at radius 3 is 2.48 bits per heavy atom. The topological polar surface area (TPSA) is 104 Å². The van der Waals surface area contributed by atoms with E-state index in [4.69, 9.17) is 5.26 Å². The molecule has 0 spiro atoms. The van der Waals surface area contributed by atoms with Gasteiger partial charge in [0.05, 0.1) is 33.8 Å². The van der Waals surface area contributed by atoms with Gasteiger partial charge in [-0.15, -0.1) is 0 Å². The second-order valence-electron chi connectivity index (χ2n) is 5.01. The molecule has 8 heteroatoms. The lowest BCUT2D eigenvalue weighted by molar-refractivity contribution is 0.560. The molecule has 1 aliphatic heterocycles. The Balaban J connectivity index is 1.91. The normalized spacial score (nSPS) is 21.0. The third kappa shape index (κ3) is 4.27. The van der Waals surface area contributed by atoms with E-state index in [2.05, 4.69) is 5.32 Å². The van der Waals surface area contributed by atoms with Crippen LogP contribution in [-0.4, -0.2) is 46.7 Å². The SMILES string of the molecule is N#Cc1ccc(S(=O)(=O)CCNC2CCS(=O)(=O)C2)cc1. The van der Waals surface area contributed by atoms with Gasteiger partial charge in [0.1, 0.15) is 0 Å². The van der Waals surface area contributed by atoms with Crippen LogP contribution in [0.15, 0.2) is 29.2 Å². The first-order valence-electron chi connectivity index (χ1n) is 6.49. The molecular formula is C13H16N2O4S2. The summed E-state index contributed by atoms with van der Waals surface area (Å²) in [4.78, 5) is 0.169. The highest BCUT2D eigenvalue weighted by molar-refractivity contribution is 7.91. The van der Waals surface area contributed by atoms with Crippen LogP contribution in [0.1, 0.15) is 12.0 Å². The zero-order valence-corrected chi connectivity index (χ0v) is 13.0.